The van der Waals surface area contributed by atoms with Gasteiger partial charge in [0.1, 0.15) is 11.8 Å². The molecule has 2 amide bonds. The van der Waals surface area contributed by atoms with Crippen molar-refractivity contribution in [2.24, 2.45) is 0 Å². The van der Waals surface area contributed by atoms with Crippen LogP contribution in [0.15, 0.2) is 46.9 Å². The third kappa shape index (κ3) is 6.63. The minimum Gasteiger partial charge on any atom is -0.482 e. The Balaban J connectivity index is 1.78. The second-order valence-electron chi connectivity index (χ2n) is 7.89. The Labute approximate surface area is 207 Å². The number of amides is 2. The Morgan fingerprint density at radius 2 is 1.88 bits per heavy atom. The van der Waals surface area contributed by atoms with E-state index in [1.54, 1.807) is 29.2 Å². The van der Waals surface area contributed by atoms with E-state index < -0.39 is 6.04 Å². The average Bonchev–Trinajstić information content (AvgIpc) is 3.27. The monoisotopic (exact) mass is 540 g/mol. The maximum absolute atomic E-state index is 13.3. The van der Waals surface area contributed by atoms with Gasteiger partial charge < -0.3 is 15.0 Å². The highest BCUT2D eigenvalue weighted by Crippen LogP contribution is 2.28. The summed E-state index contributed by atoms with van der Waals surface area (Å²) < 4.78 is 6.52. The Kier molecular flexibility index (Phi) is 9.26. The average molecular weight is 542 g/mol. The van der Waals surface area contributed by atoms with Crippen molar-refractivity contribution in [2.75, 3.05) is 6.61 Å². The Morgan fingerprint density at radius 1 is 1.16 bits per heavy atom. The maximum atomic E-state index is 13.3. The summed E-state index contributed by atoms with van der Waals surface area (Å²) in [6.45, 7) is 1.88. The summed E-state index contributed by atoms with van der Waals surface area (Å²) in [6.07, 6.45) is 4.67. The molecule has 0 spiro atoms. The molecule has 0 bridgehead atoms. The van der Waals surface area contributed by atoms with Crippen LogP contribution < -0.4 is 10.1 Å². The number of ether oxygens (including phenoxy) is 1. The zero-order valence-corrected chi connectivity index (χ0v) is 21.0. The largest absolute Gasteiger partial charge is 0.482 e. The highest BCUT2D eigenvalue weighted by Gasteiger charge is 2.31. The van der Waals surface area contributed by atoms with E-state index >= 15 is 0 Å². The Morgan fingerprint density at radius 3 is 2.53 bits per heavy atom. The summed E-state index contributed by atoms with van der Waals surface area (Å²) in [5.41, 5.74) is 0.774. The molecule has 1 fully saturated rings. The fraction of sp³-hybridized carbons (Fsp3) is 0.417. The lowest BCUT2D eigenvalue weighted by molar-refractivity contribution is -0.143. The van der Waals surface area contributed by atoms with E-state index in [9.17, 15) is 9.59 Å². The lowest BCUT2D eigenvalue weighted by atomic mass is 10.1. The molecule has 0 saturated heterocycles. The number of benzene rings is 2. The van der Waals surface area contributed by atoms with Crippen LogP contribution in [-0.4, -0.2) is 35.4 Å². The van der Waals surface area contributed by atoms with Crippen molar-refractivity contribution >= 4 is 50.9 Å². The molecule has 1 saturated carbocycles. The van der Waals surface area contributed by atoms with Crippen molar-refractivity contribution in [3.05, 3.63) is 62.5 Å². The molecule has 0 heterocycles. The maximum Gasteiger partial charge on any atom is 0.261 e. The minimum atomic E-state index is -0.622. The van der Waals surface area contributed by atoms with E-state index in [1.807, 2.05) is 25.1 Å². The van der Waals surface area contributed by atoms with E-state index in [0.717, 1.165) is 35.7 Å². The van der Waals surface area contributed by atoms with Gasteiger partial charge in [-0.15, -0.1) is 0 Å². The van der Waals surface area contributed by atoms with Gasteiger partial charge in [-0.2, -0.15) is 0 Å². The normalized spacial score (nSPS) is 14.8. The molecule has 2 aromatic carbocycles. The van der Waals surface area contributed by atoms with Gasteiger partial charge >= 0.3 is 0 Å². The van der Waals surface area contributed by atoms with Gasteiger partial charge in [-0.3, -0.25) is 9.59 Å². The second kappa shape index (κ2) is 11.9. The second-order valence-corrected chi connectivity index (χ2v) is 9.62. The molecule has 0 aliphatic heterocycles. The molecule has 2 aromatic rings. The van der Waals surface area contributed by atoms with Crippen LogP contribution in [0.1, 0.15) is 44.6 Å². The highest BCUT2D eigenvalue weighted by atomic mass is 79.9. The van der Waals surface area contributed by atoms with Crippen LogP contribution in [0.5, 0.6) is 5.75 Å². The topological polar surface area (TPSA) is 58.6 Å². The lowest BCUT2D eigenvalue weighted by Crippen LogP contribution is -2.52. The van der Waals surface area contributed by atoms with Crippen molar-refractivity contribution in [3.8, 4) is 5.75 Å². The van der Waals surface area contributed by atoms with Crippen LogP contribution in [0.2, 0.25) is 10.0 Å². The van der Waals surface area contributed by atoms with Crippen molar-refractivity contribution < 1.29 is 14.3 Å². The van der Waals surface area contributed by atoms with Crippen LogP contribution in [0.3, 0.4) is 0 Å². The van der Waals surface area contributed by atoms with E-state index in [1.165, 1.54) is 0 Å². The van der Waals surface area contributed by atoms with Crippen molar-refractivity contribution in [2.45, 2.75) is 57.7 Å². The fourth-order valence-electron chi connectivity index (χ4n) is 3.91. The Hall–Kier alpha value is -1.76. The van der Waals surface area contributed by atoms with Crippen LogP contribution >= 0.6 is 39.1 Å². The number of hydrogen-bond acceptors (Lipinski definition) is 3. The van der Waals surface area contributed by atoms with Crippen LogP contribution in [0.25, 0.3) is 0 Å². The third-order valence-electron chi connectivity index (χ3n) is 5.63. The first-order chi connectivity index (χ1) is 15.4. The molecule has 1 aliphatic carbocycles. The molecular weight excluding hydrogens is 515 g/mol. The van der Waals surface area contributed by atoms with Crippen LogP contribution in [-0.2, 0) is 16.1 Å². The van der Waals surface area contributed by atoms with Gasteiger partial charge in [0.15, 0.2) is 6.61 Å². The van der Waals surface area contributed by atoms with Gasteiger partial charge in [0.25, 0.3) is 5.91 Å². The molecule has 1 aliphatic rings. The van der Waals surface area contributed by atoms with Crippen molar-refractivity contribution in [3.63, 3.8) is 0 Å². The number of halogens is 3. The van der Waals surface area contributed by atoms with Crippen molar-refractivity contribution in [1.29, 1.82) is 0 Å². The van der Waals surface area contributed by atoms with E-state index in [4.69, 9.17) is 27.9 Å². The predicted octanol–water partition coefficient (Wildman–Crippen LogP) is 6.00. The van der Waals surface area contributed by atoms with Gasteiger partial charge in [0.2, 0.25) is 5.91 Å². The summed E-state index contributed by atoms with van der Waals surface area (Å²) in [4.78, 5) is 27.9. The zero-order valence-electron chi connectivity index (χ0n) is 18.0. The molecule has 0 unspecified atom stereocenters. The minimum absolute atomic E-state index is 0.138. The summed E-state index contributed by atoms with van der Waals surface area (Å²) in [5.74, 6) is -0.0387. The third-order valence-corrected chi connectivity index (χ3v) is 6.79. The first kappa shape index (κ1) is 24.9. The molecule has 0 aromatic heterocycles. The summed E-state index contributed by atoms with van der Waals surface area (Å²) in [6, 6.07) is 12.1. The first-order valence-corrected chi connectivity index (χ1v) is 12.3. The summed E-state index contributed by atoms with van der Waals surface area (Å²) in [5, 5.41) is 4.07. The van der Waals surface area contributed by atoms with Crippen LogP contribution in [0.4, 0.5) is 0 Å². The number of rotatable bonds is 9. The predicted molar refractivity (Wildman–Crippen MR) is 131 cm³/mol. The van der Waals surface area contributed by atoms with Gasteiger partial charge in [-0.1, -0.05) is 77.1 Å². The van der Waals surface area contributed by atoms with E-state index in [-0.39, 0.29) is 31.0 Å². The van der Waals surface area contributed by atoms with Gasteiger partial charge in [0.05, 0.1) is 5.02 Å². The molecule has 5 nitrogen and oxygen atoms in total. The standard InChI is InChI=1S/C24H27BrCl2N2O3/c1-2-21(24(31)28-18-8-4-5-9-18)29(14-16-7-3-6-10-19(16)26)23(30)15-32-22-12-11-17(25)13-20(22)27/h3,6-7,10-13,18,21H,2,4-5,8-9,14-15H2,1H3,(H,28,31)/t21-/m0/s1. The SMILES string of the molecule is CC[C@@H](C(=O)NC1CCCC1)N(Cc1ccccc1Cl)C(=O)COc1ccc(Br)cc1Cl. The first-order valence-electron chi connectivity index (χ1n) is 10.8. The molecule has 3 rings (SSSR count). The molecule has 1 atom stereocenters. The zero-order chi connectivity index (χ0) is 23.1. The molecule has 0 radical (unpaired) electrons. The highest BCUT2D eigenvalue weighted by molar-refractivity contribution is 9.10. The Bertz CT molecular complexity index is 951. The van der Waals surface area contributed by atoms with Gasteiger partial charge in [-0.25, -0.2) is 0 Å². The van der Waals surface area contributed by atoms with E-state index in [2.05, 4.69) is 21.2 Å². The van der Waals surface area contributed by atoms with Gasteiger partial charge in [0, 0.05) is 22.1 Å². The number of carbonyl (C=O) groups excluding carboxylic acids is 2. The summed E-state index contributed by atoms with van der Waals surface area (Å²) >= 11 is 15.9. The molecular formula is C24H27BrCl2N2O3. The summed E-state index contributed by atoms with van der Waals surface area (Å²) in [7, 11) is 0. The van der Waals surface area contributed by atoms with Crippen molar-refractivity contribution in [1.82, 2.24) is 10.2 Å². The molecule has 8 heteroatoms. The molecule has 32 heavy (non-hydrogen) atoms. The number of nitrogens with one attached hydrogen (secondary N) is 1. The smallest absolute Gasteiger partial charge is 0.261 e. The van der Waals surface area contributed by atoms with Crippen LogP contribution in [0, 0.1) is 0 Å². The number of nitrogens with zero attached hydrogens (tertiary/aromatic N) is 1. The molecule has 1 N–H and O–H groups in total. The lowest BCUT2D eigenvalue weighted by Gasteiger charge is -2.31. The fourth-order valence-corrected chi connectivity index (χ4v) is 4.84. The van der Waals surface area contributed by atoms with Gasteiger partial charge in [-0.05, 0) is 49.1 Å². The number of carbonyl (C=O) groups is 2. The quantitative estimate of drug-likeness (QED) is 0.423. The van der Waals surface area contributed by atoms with E-state index in [0.29, 0.717) is 22.2 Å². The number of hydrogen-bond donors (Lipinski definition) is 1. The molecule has 172 valence electrons.